The number of nitrogens with one attached hydrogen (secondary N) is 2. The third-order valence-corrected chi connectivity index (χ3v) is 3.84. The number of ketones is 2. The van der Waals surface area contributed by atoms with E-state index in [1.54, 1.807) is 55.5 Å². The van der Waals surface area contributed by atoms with Gasteiger partial charge in [0.15, 0.2) is 11.6 Å². The average molecular weight is 361 g/mol. The molecule has 3 rings (SSSR count). The van der Waals surface area contributed by atoms with Gasteiger partial charge in [-0.2, -0.15) is 15.0 Å². The highest BCUT2D eigenvalue weighted by molar-refractivity contribution is 5.94. The standard InChI is InChI=1S/C20H19N5O2/c1-12(26)15-4-8-17(9-5-15)23-19-21-14(3)22-20(25-19)24-18-10-6-16(7-11-18)13(2)27/h4-11H,1-3H3,(H2,21,22,23,24,25). The summed E-state index contributed by atoms with van der Waals surface area (Å²) in [4.78, 5) is 35.6. The molecule has 0 aliphatic carbocycles. The van der Waals surface area contributed by atoms with Crippen molar-refractivity contribution in [3.63, 3.8) is 0 Å². The molecule has 0 aliphatic rings. The van der Waals surface area contributed by atoms with Crippen LogP contribution in [0.3, 0.4) is 0 Å². The van der Waals surface area contributed by atoms with Crippen LogP contribution in [-0.4, -0.2) is 26.5 Å². The Labute approximate surface area is 156 Å². The lowest BCUT2D eigenvalue weighted by atomic mass is 10.1. The monoisotopic (exact) mass is 361 g/mol. The topological polar surface area (TPSA) is 96.9 Å². The van der Waals surface area contributed by atoms with Crippen LogP contribution in [0.4, 0.5) is 23.3 Å². The fourth-order valence-electron chi connectivity index (χ4n) is 2.43. The molecule has 0 radical (unpaired) electrons. The van der Waals surface area contributed by atoms with Crippen LogP contribution >= 0.6 is 0 Å². The van der Waals surface area contributed by atoms with Gasteiger partial charge >= 0.3 is 0 Å². The first-order valence-corrected chi connectivity index (χ1v) is 8.39. The lowest BCUT2D eigenvalue weighted by Gasteiger charge is -2.09. The van der Waals surface area contributed by atoms with E-state index < -0.39 is 0 Å². The minimum atomic E-state index is 0.0137. The number of carbonyl (C=O) groups excluding carboxylic acids is 2. The van der Waals surface area contributed by atoms with Crippen molar-refractivity contribution in [2.45, 2.75) is 20.8 Å². The molecule has 1 aromatic heterocycles. The van der Waals surface area contributed by atoms with E-state index in [1.165, 1.54) is 13.8 Å². The molecule has 7 nitrogen and oxygen atoms in total. The van der Waals surface area contributed by atoms with E-state index in [-0.39, 0.29) is 11.6 Å². The van der Waals surface area contributed by atoms with E-state index in [4.69, 9.17) is 0 Å². The van der Waals surface area contributed by atoms with Gasteiger partial charge in [0.05, 0.1) is 0 Å². The van der Waals surface area contributed by atoms with Gasteiger partial charge in [0.1, 0.15) is 5.82 Å². The molecular formula is C20H19N5O2. The predicted octanol–water partition coefficient (Wildman–Crippen LogP) is 4.07. The summed E-state index contributed by atoms with van der Waals surface area (Å²) in [5, 5.41) is 6.21. The molecule has 0 amide bonds. The van der Waals surface area contributed by atoms with Crippen LogP contribution in [0, 0.1) is 6.92 Å². The second kappa shape index (κ2) is 7.74. The van der Waals surface area contributed by atoms with Gasteiger partial charge < -0.3 is 10.6 Å². The van der Waals surface area contributed by atoms with Crippen molar-refractivity contribution in [2.24, 2.45) is 0 Å². The van der Waals surface area contributed by atoms with E-state index in [0.29, 0.717) is 28.8 Å². The molecule has 0 bridgehead atoms. The average Bonchev–Trinajstić information content (AvgIpc) is 2.62. The first-order chi connectivity index (χ1) is 12.9. The van der Waals surface area contributed by atoms with E-state index in [1.807, 2.05) is 0 Å². The highest BCUT2D eigenvalue weighted by atomic mass is 16.1. The molecule has 0 aliphatic heterocycles. The van der Waals surface area contributed by atoms with E-state index in [9.17, 15) is 9.59 Å². The van der Waals surface area contributed by atoms with Crippen molar-refractivity contribution in [1.29, 1.82) is 0 Å². The van der Waals surface area contributed by atoms with Crippen molar-refractivity contribution in [3.8, 4) is 0 Å². The Bertz CT molecular complexity index is 905. The van der Waals surface area contributed by atoms with Crippen molar-refractivity contribution >= 4 is 34.8 Å². The van der Waals surface area contributed by atoms with Gasteiger partial charge in [0.25, 0.3) is 0 Å². The molecular weight excluding hydrogens is 342 g/mol. The summed E-state index contributed by atoms with van der Waals surface area (Å²) in [5.41, 5.74) is 2.82. The van der Waals surface area contributed by atoms with Gasteiger partial charge in [0, 0.05) is 22.5 Å². The van der Waals surface area contributed by atoms with Gasteiger partial charge in [-0.15, -0.1) is 0 Å². The Morgan fingerprint density at radius 2 is 1.04 bits per heavy atom. The van der Waals surface area contributed by atoms with Gasteiger partial charge in [-0.05, 0) is 69.3 Å². The third kappa shape index (κ3) is 4.72. The molecule has 0 atom stereocenters. The third-order valence-electron chi connectivity index (χ3n) is 3.84. The fraction of sp³-hybridized carbons (Fsp3) is 0.150. The summed E-state index contributed by atoms with van der Waals surface area (Å²) in [5.74, 6) is 1.36. The van der Waals surface area contributed by atoms with Crippen LogP contribution in [0.15, 0.2) is 48.5 Å². The Morgan fingerprint density at radius 1 is 0.667 bits per heavy atom. The predicted molar refractivity (Wildman–Crippen MR) is 104 cm³/mol. The van der Waals surface area contributed by atoms with Crippen LogP contribution in [0.25, 0.3) is 0 Å². The molecule has 136 valence electrons. The van der Waals surface area contributed by atoms with Crippen molar-refractivity contribution in [1.82, 2.24) is 15.0 Å². The molecule has 27 heavy (non-hydrogen) atoms. The molecule has 0 saturated carbocycles. The smallest absolute Gasteiger partial charge is 0.232 e. The minimum absolute atomic E-state index is 0.0137. The van der Waals surface area contributed by atoms with Crippen LogP contribution in [-0.2, 0) is 0 Å². The maximum absolute atomic E-state index is 11.4. The summed E-state index contributed by atoms with van der Waals surface area (Å²) in [6.45, 7) is 4.83. The summed E-state index contributed by atoms with van der Waals surface area (Å²) >= 11 is 0. The van der Waals surface area contributed by atoms with Crippen molar-refractivity contribution in [3.05, 3.63) is 65.5 Å². The zero-order chi connectivity index (χ0) is 19.4. The van der Waals surface area contributed by atoms with Crippen LogP contribution < -0.4 is 10.6 Å². The molecule has 0 saturated heterocycles. The van der Waals surface area contributed by atoms with Gasteiger partial charge in [-0.1, -0.05) is 0 Å². The Morgan fingerprint density at radius 3 is 1.37 bits per heavy atom. The zero-order valence-electron chi connectivity index (χ0n) is 15.3. The SMILES string of the molecule is CC(=O)c1ccc(Nc2nc(C)nc(Nc3ccc(C(C)=O)cc3)n2)cc1. The molecule has 2 N–H and O–H groups in total. The maximum atomic E-state index is 11.4. The first-order valence-electron chi connectivity index (χ1n) is 8.39. The molecule has 0 unspecified atom stereocenters. The molecule has 7 heteroatoms. The number of anilines is 4. The molecule has 1 heterocycles. The summed E-state index contributed by atoms with van der Waals surface area (Å²) in [6.07, 6.45) is 0. The fourth-order valence-corrected chi connectivity index (χ4v) is 2.43. The molecule has 0 spiro atoms. The second-order valence-electron chi connectivity index (χ2n) is 6.05. The number of aromatic nitrogens is 3. The Balaban J connectivity index is 1.77. The van der Waals surface area contributed by atoms with Crippen LogP contribution in [0.2, 0.25) is 0 Å². The quantitative estimate of drug-likeness (QED) is 0.639. The summed E-state index contributed by atoms with van der Waals surface area (Å²) in [6, 6.07) is 14.2. The van der Waals surface area contributed by atoms with Crippen LogP contribution in [0.1, 0.15) is 40.4 Å². The molecule has 2 aromatic carbocycles. The van der Waals surface area contributed by atoms with Crippen molar-refractivity contribution in [2.75, 3.05) is 10.6 Å². The van der Waals surface area contributed by atoms with Crippen molar-refractivity contribution < 1.29 is 9.59 Å². The number of carbonyl (C=O) groups is 2. The molecule has 0 fully saturated rings. The van der Waals surface area contributed by atoms with Gasteiger partial charge in [-0.25, -0.2) is 0 Å². The number of benzene rings is 2. The number of aryl methyl sites for hydroxylation is 1. The maximum Gasteiger partial charge on any atom is 0.232 e. The van der Waals surface area contributed by atoms with E-state index in [0.717, 1.165) is 11.4 Å². The van der Waals surface area contributed by atoms with Crippen LogP contribution in [0.5, 0.6) is 0 Å². The summed E-state index contributed by atoms with van der Waals surface area (Å²) in [7, 11) is 0. The zero-order valence-corrected chi connectivity index (χ0v) is 15.3. The molecule has 3 aromatic rings. The highest BCUT2D eigenvalue weighted by Crippen LogP contribution is 2.18. The summed E-state index contributed by atoms with van der Waals surface area (Å²) < 4.78 is 0. The number of Topliss-reactive ketones (excluding diaryl/α,β-unsaturated/α-hetero) is 2. The first kappa shape index (κ1) is 18.2. The second-order valence-corrected chi connectivity index (χ2v) is 6.05. The normalized spacial score (nSPS) is 10.3. The van der Waals surface area contributed by atoms with E-state index >= 15 is 0 Å². The lowest BCUT2D eigenvalue weighted by Crippen LogP contribution is -2.05. The van der Waals surface area contributed by atoms with Gasteiger partial charge in [-0.3, -0.25) is 9.59 Å². The number of hydrogen-bond donors (Lipinski definition) is 2. The Hall–Kier alpha value is -3.61. The highest BCUT2D eigenvalue weighted by Gasteiger charge is 2.07. The minimum Gasteiger partial charge on any atom is -0.324 e. The number of hydrogen-bond acceptors (Lipinski definition) is 7. The van der Waals surface area contributed by atoms with Gasteiger partial charge in [0.2, 0.25) is 11.9 Å². The Kier molecular flexibility index (Phi) is 5.21. The lowest BCUT2D eigenvalue weighted by molar-refractivity contribution is 0.100. The number of rotatable bonds is 6. The number of nitrogens with zero attached hydrogens (tertiary/aromatic N) is 3. The largest absolute Gasteiger partial charge is 0.324 e. The van der Waals surface area contributed by atoms with E-state index in [2.05, 4.69) is 25.6 Å².